The molecule has 2 heterocycles. The van der Waals surface area contributed by atoms with Gasteiger partial charge in [0.2, 0.25) is 5.88 Å². The van der Waals surface area contributed by atoms with Crippen molar-refractivity contribution in [1.29, 1.82) is 0 Å². The number of aromatic nitrogens is 2. The van der Waals surface area contributed by atoms with Crippen molar-refractivity contribution >= 4 is 17.2 Å². The van der Waals surface area contributed by atoms with Gasteiger partial charge in [-0.1, -0.05) is 13.0 Å². The topological polar surface area (TPSA) is 61.0 Å². The fraction of sp³-hybridized carbons (Fsp3) is 0.333. The Morgan fingerprint density at radius 3 is 3.00 bits per heavy atom. The molecule has 0 amide bonds. The third-order valence-electron chi connectivity index (χ3n) is 2.18. The number of ether oxygens (including phenoxy) is 1. The van der Waals surface area contributed by atoms with Crippen LogP contribution in [-0.2, 0) is 13.0 Å². The number of anilines is 1. The van der Waals surface area contributed by atoms with Crippen LogP contribution in [0.15, 0.2) is 23.6 Å². The third-order valence-corrected chi connectivity index (χ3v) is 3.03. The average molecular weight is 249 g/mol. The van der Waals surface area contributed by atoms with Crippen LogP contribution in [0.3, 0.4) is 0 Å². The van der Waals surface area contributed by atoms with Gasteiger partial charge in [-0.25, -0.2) is 4.98 Å². The van der Waals surface area contributed by atoms with Gasteiger partial charge in [0.25, 0.3) is 0 Å². The summed E-state index contributed by atoms with van der Waals surface area (Å²) in [7, 11) is 0. The van der Waals surface area contributed by atoms with E-state index in [-0.39, 0.29) is 0 Å². The van der Waals surface area contributed by atoms with Crippen LogP contribution in [0.4, 0.5) is 5.82 Å². The first kappa shape index (κ1) is 11.9. The van der Waals surface area contributed by atoms with Crippen molar-refractivity contribution in [3.8, 4) is 5.88 Å². The molecule has 0 aliphatic heterocycles. The van der Waals surface area contributed by atoms with E-state index in [9.17, 15) is 0 Å². The van der Waals surface area contributed by atoms with Crippen molar-refractivity contribution in [2.75, 3.05) is 5.73 Å². The Hall–Kier alpha value is -1.62. The predicted molar refractivity (Wildman–Crippen MR) is 69.1 cm³/mol. The number of aryl methyl sites for hydroxylation is 1. The molecule has 2 rings (SSSR count). The van der Waals surface area contributed by atoms with Crippen LogP contribution in [-0.4, -0.2) is 9.97 Å². The molecule has 2 aromatic rings. The molecule has 0 aliphatic rings. The van der Waals surface area contributed by atoms with Crippen LogP contribution in [0.25, 0.3) is 0 Å². The Balaban J connectivity index is 2.04. The van der Waals surface area contributed by atoms with Crippen LogP contribution in [0.5, 0.6) is 5.88 Å². The Labute approximate surface area is 104 Å². The zero-order valence-corrected chi connectivity index (χ0v) is 10.5. The minimum Gasteiger partial charge on any atom is -0.472 e. The number of rotatable bonds is 5. The summed E-state index contributed by atoms with van der Waals surface area (Å²) in [4.78, 5) is 9.64. The highest BCUT2D eigenvalue weighted by atomic mass is 32.1. The van der Waals surface area contributed by atoms with Crippen molar-refractivity contribution in [3.05, 3.63) is 34.3 Å². The molecule has 0 aliphatic carbocycles. The largest absolute Gasteiger partial charge is 0.472 e. The van der Waals surface area contributed by atoms with Gasteiger partial charge in [0.1, 0.15) is 18.2 Å². The average Bonchev–Trinajstić information content (AvgIpc) is 2.79. The third kappa shape index (κ3) is 3.42. The van der Waals surface area contributed by atoms with Gasteiger partial charge in [0.05, 0.1) is 0 Å². The van der Waals surface area contributed by atoms with Gasteiger partial charge in [-0.05, 0) is 17.9 Å². The molecule has 17 heavy (non-hydrogen) atoms. The second kappa shape index (κ2) is 5.63. The quantitative estimate of drug-likeness (QED) is 0.885. The minimum atomic E-state index is 0.463. The first-order chi connectivity index (χ1) is 8.28. The molecule has 0 atom stereocenters. The second-order valence-electron chi connectivity index (χ2n) is 3.67. The van der Waals surface area contributed by atoms with Gasteiger partial charge in [0.15, 0.2) is 0 Å². The lowest BCUT2D eigenvalue weighted by atomic mass is 10.3. The van der Waals surface area contributed by atoms with Gasteiger partial charge in [0, 0.05) is 17.4 Å². The maximum absolute atomic E-state index is 5.71. The highest BCUT2D eigenvalue weighted by molar-refractivity contribution is 7.09. The molecule has 90 valence electrons. The van der Waals surface area contributed by atoms with Gasteiger partial charge < -0.3 is 10.5 Å². The molecule has 0 aromatic carbocycles. The smallest absolute Gasteiger partial charge is 0.219 e. The molecule has 0 spiro atoms. The van der Waals surface area contributed by atoms with Gasteiger partial charge in [-0.2, -0.15) is 4.98 Å². The van der Waals surface area contributed by atoms with Crippen molar-refractivity contribution in [2.45, 2.75) is 26.4 Å². The molecule has 0 bridgehead atoms. The standard InChI is InChI=1S/C12H15N3OS/c1-2-4-11-14-10(13)7-12(15-11)16-8-9-5-3-6-17-9/h3,5-7H,2,4,8H2,1H3,(H2,13,14,15). The van der Waals surface area contributed by atoms with Crippen LogP contribution < -0.4 is 10.5 Å². The molecule has 5 heteroatoms. The van der Waals surface area contributed by atoms with E-state index in [1.54, 1.807) is 17.4 Å². The molecular weight excluding hydrogens is 234 g/mol. The maximum atomic E-state index is 5.71. The summed E-state index contributed by atoms with van der Waals surface area (Å²) in [6.07, 6.45) is 1.81. The van der Waals surface area contributed by atoms with Crippen molar-refractivity contribution in [3.63, 3.8) is 0 Å². The molecule has 0 fully saturated rings. The lowest BCUT2D eigenvalue weighted by molar-refractivity contribution is 0.296. The number of nitrogens with two attached hydrogens (primary N) is 1. The summed E-state index contributed by atoms with van der Waals surface area (Å²) >= 11 is 1.66. The first-order valence-electron chi connectivity index (χ1n) is 5.56. The fourth-order valence-corrected chi connectivity index (χ4v) is 2.06. The number of nitrogens with zero attached hydrogens (tertiary/aromatic N) is 2. The highest BCUT2D eigenvalue weighted by Crippen LogP contribution is 2.15. The van der Waals surface area contributed by atoms with Crippen LogP contribution in [0.1, 0.15) is 24.0 Å². The van der Waals surface area contributed by atoms with E-state index in [1.807, 2.05) is 17.5 Å². The molecular formula is C12H15N3OS. The highest BCUT2D eigenvalue weighted by Gasteiger charge is 2.03. The van der Waals surface area contributed by atoms with Crippen molar-refractivity contribution in [1.82, 2.24) is 9.97 Å². The zero-order valence-electron chi connectivity index (χ0n) is 9.72. The molecule has 2 aromatic heterocycles. The van der Waals surface area contributed by atoms with Crippen LogP contribution in [0, 0.1) is 0 Å². The monoisotopic (exact) mass is 249 g/mol. The molecule has 4 nitrogen and oxygen atoms in total. The van der Waals surface area contributed by atoms with E-state index in [0.717, 1.165) is 18.7 Å². The summed E-state index contributed by atoms with van der Waals surface area (Å²) in [5.74, 6) is 1.76. The summed E-state index contributed by atoms with van der Waals surface area (Å²) in [5.41, 5.74) is 5.71. The lowest BCUT2D eigenvalue weighted by Gasteiger charge is -2.06. The maximum Gasteiger partial charge on any atom is 0.219 e. The summed E-state index contributed by atoms with van der Waals surface area (Å²) in [5, 5.41) is 2.02. The fourth-order valence-electron chi connectivity index (χ4n) is 1.44. The Bertz CT molecular complexity index is 471. The summed E-state index contributed by atoms with van der Waals surface area (Å²) < 4.78 is 5.60. The van der Waals surface area contributed by atoms with E-state index < -0.39 is 0 Å². The van der Waals surface area contributed by atoms with Crippen molar-refractivity contribution in [2.24, 2.45) is 0 Å². The minimum absolute atomic E-state index is 0.463. The van der Waals surface area contributed by atoms with Crippen LogP contribution >= 0.6 is 11.3 Å². The van der Waals surface area contributed by atoms with Gasteiger partial charge in [-0.15, -0.1) is 11.3 Å². The van der Waals surface area contributed by atoms with Gasteiger partial charge >= 0.3 is 0 Å². The number of hydrogen-bond donors (Lipinski definition) is 1. The summed E-state index contributed by atoms with van der Waals surface area (Å²) in [6, 6.07) is 5.69. The normalized spacial score (nSPS) is 10.4. The number of hydrogen-bond acceptors (Lipinski definition) is 5. The summed E-state index contributed by atoms with van der Waals surface area (Å²) in [6.45, 7) is 2.61. The molecule has 0 saturated carbocycles. The Kier molecular flexibility index (Phi) is 3.93. The molecule has 2 N–H and O–H groups in total. The predicted octanol–water partition coefficient (Wildman–Crippen LogP) is 2.65. The zero-order chi connectivity index (χ0) is 12.1. The van der Waals surface area contributed by atoms with Crippen molar-refractivity contribution < 1.29 is 4.74 Å². The van der Waals surface area contributed by atoms with E-state index >= 15 is 0 Å². The molecule has 0 unspecified atom stereocenters. The molecule has 0 saturated heterocycles. The van der Waals surface area contributed by atoms with E-state index in [0.29, 0.717) is 18.3 Å². The van der Waals surface area contributed by atoms with E-state index in [1.165, 1.54) is 4.88 Å². The number of thiophene rings is 1. The molecule has 0 radical (unpaired) electrons. The SMILES string of the molecule is CCCc1nc(N)cc(OCc2cccs2)n1. The second-order valence-corrected chi connectivity index (χ2v) is 4.70. The van der Waals surface area contributed by atoms with E-state index in [4.69, 9.17) is 10.5 Å². The Morgan fingerprint density at radius 1 is 1.41 bits per heavy atom. The number of nitrogen functional groups attached to an aromatic ring is 1. The lowest BCUT2D eigenvalue weighted by Crippen LogP contribution is -2.03. The van der Waals surface area contributed by atoms with Crippen LogP contribution in [0.2, 0.25) is 0 Å². The van der Waals surface area contributed by atoms with E-state index in [2.05, 4.69) is 16.9 Å². The van der Waals surface area contributed by atoms with Gasteiger partial charge in [-0.3, -0.25) is 0 Å². The Morgan fingerprint density at radius 2 is 2.29 bits per heavy atom. The first-order valence-corrected chi connectivity index (χ1v) is 6.44.